The fourth-order valence-corrected chi connectivity index (χ4v) is 0.766. The molecular weight excluding hydrogens is 142 g/mol. The normalized spacial score (nSPS) is 10.4. The highest BCUT2D eigenvalue weighted by molar-refractivity contribution is 4.40. The van der Waals surface area contributed by atoms with E-state index < -0.39 is 0 Å². The van der Waals surface area contributed by atoms with Crippen LogP contribution in [-0.2, 0) is 4.74 Å². The number of aliphatic hydroxyl groups is 1. The third-order valence-electron chi connectivity index (χ3n) is 1.44. The Bertz CT molecular complexity index is 61.1. The summed E-state index contributed by atoms with van der Waals surface area (Å²) in [6, 6.07) is 0. The van der Waals surface area contributed by atoms with Gasteiger partial charge in [0.05, 0.1) is 0 Å². The average Bonchev–Trinajstić information content (AvgIpc) is 2.03. The molecule has 0 atom stereocenters. The van der Waals surface area contributed by atoms with Gasteiger partial charge in [0.15, 0.2) is 0 Å². The molecule has 0 spiro atoms. The fraction of sp³-hybridized carbons (Fsp3) is 1.00. The van der Waals surface area contributed by atoms with Crippen LogP contribution in [0.1, 0.15) is 25.7 Å². The molecule has 3 nitrogen and oxygen atoms in total. The van der Waals surface area contributed by atoms with Crippen LogP contribution in [0.5, 0.6) is 0 Å². The van der Waals surface area contributed by atoms with Crippen LogP contribution in [0.3, 0.4) is 0 Å². The first-order chi connectivity index (χ1) is 5.41. The number of nitrogens with two attached hydrogens (primary N) is 1. The van der Waals surface area contributed by atoms with E-state index in [-0.39, 0.29) is 6.61 Å². The van der Waals surface area contributed by atoms with Gasteiger partial charge in [-0.1, -0.05) is 0 Å². The van der Waals surface area contributed by atoms with Crippen LogP contribution in [-0.4, -0.2) is 31.5 Å². The third kappa shape index (κ3) is 9.88. The van der Waals surface area contributed by atoms with Gasteiger partial charge in [-0.15, -0.1) is 0 Å². The van der Waals surface area contributed by atoms with Crippen molar-refractivity contribution in [1.82, 2.24) is 0 Å². The van der Waals surface area contributed by atoms with Crippen LogP contribution >= 0.6 is 0 Å². The van der Waals surface area contributed by atoms with Crippen molar-refractivity contribution in [2.75, 3.05) is 26.4 Å². The lowest BCUT2D eigenvalue weighted by Gasteiger charge is -2.01. The van der Waals surface area contributed by atoms with Gasteiger partial charge in [0.2, 0.25) is 0 Å². The zero-order chi connectivity index (χ0) is 8.36. The molecule has 0 unspecified atom stereocenters. The zero-order valence-corrected chi connectivity index (χ0v) is 7.09. The van der Waals surface area contributed by atoms with Gasteiger partial charge < -0.3 is 15.6 Å². The van der Waals surface area contributed by atoms with E-state index in [1.54, 1.807) is 0 Å². The van der Waals surface area contributed by atoms with Crippen molar-refractivity contribution < 1.29 is 9.84 Å². The first-order valence-electron chi connectivity index (χ1n) is 4.30. The zero-order valence-electron chi connectivity index (χ0n) is 7.09. The predicted octanol–water partition coefficient (Wildman–Crippen LogP) is 0.514. The van der Waals surface area contributed by atoms with E-state index in [0.717, 1.165) is 45.4 Å². The van der Waals surface area contributed by atoms with Gasteiger partial charge in [0, 0.05) is 19.8 Å². The number of ether oxygens (including phenoxy) is 1. The Hall–Kier alpha value is -0.120. The second-order valence-corrected chi connectivity index (χ2v) is 2.54. The molecule has 0 aliphatic rings. The molecular formula is C8H19NO2. The van der Waals surface area contributed by atoms with Gasteiger partial charge in [0.1, 0.15) is 0 Å². The first kappa shape index (κ1) is 10.9. The number of unbranched alkanes of at least 4 members (excludes halogenated alkanes) is 2. The average molecular weight is 161 g/mol. The maximum absolute atomic E-state index is 8.43. The molecule has 0 aliphatic heterocycles. The van der Waals surface area contributed by atoms with Gasteiger partial charge in [0.25, 0.3) is 0 Å². The monoisotopic (exact) mass is 161 g/mol. The number of rotatable bonds is 8. The Kier molecular flexibility index (Phi) is 9.77. The fourth-order valence-electron chi connectivity index (χ4n) is 0.766. The van der Waals surface area contributed by atoms with Crippen LogP contribution in [0.2, 0.25) is 0 Å². The summed E-state index contributed by atoms with van der Waals surface area (Å²) in [6.45, 7) is 2.60. The Morgan fingerprint density at radius 2 is 1.64 bits per heavy atom. The molecule has 0 aromatic heterocycles. The van der Waals surface area contributed by atoms with E-state index in [1.807, 2.05) is 0 Å². The number of aliphatic hydroxyl groups excluding tert-OH is 1. The summed E-state index contributed by atoms with van der Waals surface area (Å²) in [5.41, 5.74) is 5.30. The van der Waals surface area contributed by atoms with Crippen molar-refractivity contribution in [3.8, 4) is 0 Å². The maximum Gasteiger partial charge on any atom is 0.0466 e. The van der Waals surface area contributed by atoms with Gasteiger partial charge in [-0.25, -0.2) is 0 Å². The summed E-state index contributed by atoms with van der Waals surface area (Å²) in [7, 11) is 0. The van der Waals surface area contributed by atoms with Crippen LogP contribution in [0.25, 0.3) is 0 Å². The third-order valence-corrected chi connectivity index (χ3v) is 1.44. The molecule has 0 saturated carbocycles. The molecule has 0 aromatic carbocycles. The van der Waals surface area contributed by atoms with Gasteiger partial charge in [-0.2, -0.15) is 0 Å². The van der Waals surface area contributed by atoms with Crippen LogP contribution in [0.4, 0.5) is 0 Å². The van der Waals surface area contributed by atoms with Gasteiger partial charge in [-0.3, -0.25) is 0 Å². The molecule has 3 heteroatoms. The van der Waals surface area contributed by atoms with E-state index in [1.165, 1.54) is 0 Å². The Balaban J connectivity index is 2.69. The SMILES string of the molecule is NCCCCOCCCCO. The highest BCUT2D eigenvalue weighted by Crippen LogP contribution is 1.91. The van der Waals surface area contributed by atoms with Crippen molar-refractivity contribution in [3.63, 3.8) is 0 Å². The molecule has 11 heavy (non-hydrogen) atoms. The molecule has 0 radical (unpaired) electrons. The number of hydrogen-bond acceptors (Lipinski definition) is 3. The van der Waals surface area contributed by atoms with E-state index >= 15 is 0 Å². The number of hydrogen-bond donors (Lipinski definition) is 2. The first-order valence-corrected chi connectivity index (χ1v) is 4.30. The smallest absolute Gasteiger partial charge is 0.0466 e. The highest BCUT2D eigenvalue weighted by atomic mass is 16.5. The molecule has 0 aliphatic carbocycles. The van der Waals surface area contributed by atoms with Crippen molar-refractivity contribution in [2.45, 2.75) is 25.7 Å². The molecule has 0 bridgehead atoms. The topological polar surface area (TPSA) is 55.5 Å². The van der Waals surface area contributed by atoms with Crippen molar-refractivity contribution in [3.05, 3.63) is 0 Å². The van der Waals surface area contributed by atoms with Crippen LogP contribution in [0, 0.1) is 0 Å². The minimum Gasteiger partial charge on any atom is -0.396 e. The van der Waals surface area contributed by atoms with Crippen molar-refractivity contribution in [2.24, 2.45) is 5.73 Å². The van der Waals surface area contributed by atoms with Gasteiger partial charge in [-0.05, 0) is 32.2 Å². The van der Waals surface area contributed by atoms with E-state index in [9.17, 15) is 0 Å². The molecule has 0 rings (SSSR count). The molecule has 0 aromatic rings. The minimum absolute atomic E-state index is 0.270. The lowest BCUT2D eigenvalue weighted by molar-refractivity contribution is 0.122. The lowest BCUT2D eigenvalue weighted by atomic mass is 10.3. The second-order valence-electron chi connectivity index (χ2n) is 2.54. The summed E-state index contributed by atoms with van der Waals surface area (Å²) < 4.78 is 5.27. The minimum atomic E-state index is 0.270. The summed E-state index contributed by atoms with van der Waals surface area (Å²) in [6.07, 6.45) is 3.89. The maximum atomic E-state index is 8.43. The quantitative estimate of drug-likeness (QED) is 0.510. The molecule has 0 heterocycles. The van der Waals surface area contributed by atoms with E-state index in [2.05, 4.69) is 0 Å². The summed E-state index contributed by atoms with van der Waals surface area (Å²) in [5, 5.41) is 8.43. The van der Waals surface area contributed by atoms with Crippen LogP contribution in [0.15, 0.2) is 0 Å². The molecule has 68 valence electrons. The lowest BCUT2D eigenvalue weighted by Crippen LogP contribution is -2.02. The predicted molar refractivity (Wildman–Crippen MR) is 45.4 cm³/mol. The van der Waals surface area contributed by atoms with Gasteiger partial charge >= 0.3 is 0 Å². The van der Waals surface area contributed by atoms with E-state index in [0.29, 0.717) is 0 Å². The summed E-state index contributed by atoms with van der Waals surface area (Å²) in [4.78, 5) is 0. The van der Waals surface area contributed by atoms with E-state index in [4.69, 9.17) is 15.6 Å². The highest BCUT2D eigenvalue weighted by Gasteiger charge is 1.88. The van der Waals surface area contributed by atoms with Crippen molar-refractivity contribution >= 4 is 0 Å². The molecule has 0 fully saturated rings. The Labute approximate surface area is 68.5 Å². The second kappa shape index (κ2) is 9.88. The summed E-state index contributed by atoms with van der Waals surface area (Å²) in [5.74, 6) is 0. The van der Waals surface area contributed by atoms with Crippen molar-refractivity contribution in [1.29, 1.82) is 0 Å². The largest absolute Gasteiger partial charge is 0.396 e. The molecule has 3 N–H and O–H groups in total. The Morgan fingerprint density at radius 1 is 1.00 bits per heavy atom. The summed E-state index contributed by atoms with van der Waals surface area (Å²) >= 11 is 0. The molecule has 0 amide bonds. The molecule has 0 saturated heterocycles. The Morgan fingerprint density at radius 3 is 2.18 bits per heavy atom. The standard InChI is InChI=1S/C8H19NO2/c9-5-1-3-7-11-8-4-2-6-10/h10H,1-9H2. The van der Waals surface area contributed by atoms with Crippen LogP contribution < -0.4 is 5.73 Å².